The van der Waals surface area contributed by atoms with E-state index in [-0.39, 0.29) is 11.6 Å². The van der Waals surface area contributed by atoms with Crippen LogP contribution in [0.1, 0.15) is 28.6 Å². The lowest BCUT2D eigenvalue weighted by Gasteiger charge is -2.18. The van der Waals surface area contributed by atoms with Crippen molar-refractivity contribution in [1.29, 1.82) is 0 Å². The second-order valence-corrected chi connectivity index (χ2v) is 6.87. The smallest absolute Gasteiger partial charge is 0.273 e. The molecule has 140 valence electrons. The fraction of sp³-hybridized carbons (Fsp3) is 0.130. The molecular weight excluding hydrogens is 353 g/mol. The number of nitrogens with zero attached hydrogens (tertiary/aromatic N) is 1. The van der Waals surface area contributed by atoms with Crippen LogP contribution in [0.25, 0.3) is 10.9 Å². The van der Waals surface area contributed by atoms with Gasteiger partial charge in [-0.25, -0.2) is 14.4 Å². The molecule has 0 radical (unpaired) electrons. The van der Waals surface area contributed by atoms with E-state index >= 15 is 0 Å². The first-order valence-electron chi connectivity index (χ1n) is 9.12. The largest absolute Gasteiger partial charge is 0.505 e. The first kappa shape index (κ1) is 17.9. The molecule has 0 fully saturated rings. The third-order valence-electron chi connectivity index (χ3n) is 4.77. The highest BCUT2D eigenvalue weighted by atomic mass is 19.1. The number of fused-ring (bicyclic) bond motifs is 1. The lowest BCUT2D eigenvalue weighted by Crippen LogP contribution is -2.21. The number of rotatable bonds is 4. The monoisotopic (exact) mass is 374 g/mol. The number of aromatic hydroxyl groups is 1. The van der Waals surface area contributed by atoms with Crippen molar-refractivity contribution in [2.45, 2.75) is 19.9 Å². The van der Waals surface area contributed by atoms with Crippen molar-refractivity contribution < 1.29 is 14.5 Å². The maximum absolute atomic E-state index is 14.7. The zero-order valence-corrected chi connectivity index (χ0v) is 15.7. The molecule has 0 spiro atoms. The number of aromatic amines is 1. The molecule has 0 saturated heterocycles. The van der Waals surface area contributed by atoms with Gasteiger partial charge in [0.1, 0.15) is 17.1 Å². The van der Waals surface area contributed by atoms with Gasteiger partial charge in [0, 0.05) is 28.3 Å². The molecule has 0 saturated carbocycles. The van der Waals surface area contributed by atoms with Crippen molar-refractivity contribution in [3.63, 3.8) is 0 Å². The summed E-state index contributed by atoms with van der Waals surface area (Å²) >= 11 is 0. The molecule has 1 atom stereocenters. The normalized spacial score (nSPS) is 12.1. The number of anilines is 1. The number of halogens is 1. The molecule has 0 aliphatic carbocycles. The summed E-state index contributed by atoms with van der Waals surface area (Å²) in [5.74, 6) is 0.434. The Morgan fingerprint density at radius 3 is 2.50 bits per heavy atom. The Morgan fingerprint density at radius 1 is 0.929 bits per heavy atom. The number of phenolic OH excluding ortho intramolecular Hbond substituents is 1. The van der Waals surface area contributed by atoms with Crippen LogP contribution >= 0.6 is 0 Å². The van der Waals surface area contributed by atoms with Gasteiger partial charge < -0.3 is 5.11 Å². The Bertz CT molecular complexity index is 1160. The number of aromatic nitrogens is 2. The van der Waals surface area contributed by atoms with Gasteiger partial charge in [0.05, 0.1) is 5.69 Å². The van der Waals surface area contributed by atoms with E-state index in [0.29, 0.717) is 16.6 Å². The Hall–Kier alpha value is -3.47. The summed E-state index contributed by atoms with van der Waals surface area (Å²) in [6.45, 7) is 3.82. The average Bonchev–Trinajstić information content (AvgIpc) is 2.68. The Balaban J connectivity index is 1.89. The molecular formula is C23H21FN3O+. The summed E-state index contributed by atoms with van der Waals surface area (Å²) in [7, 11) is 0. The second kappa shape index (κ2) is 7.27. The predicted molar refractivity (Wildman–Crippen MR) is 108 cm³/mol. The molecule has 2 aromatic carbocycles. The lowest BCUT2D eigenvalue weighted by molar-refractivity contribution is -0.371. The van der Waals surface area contributed by atoms with Gasteiger partial charge in [0.2, 0.25) is 0 Å². The van der Waals surface area contributed by atoms with Gasteiger partial charge in [-0.15, -0.1) is 0 Å². The summed E-state index contributed by atoms with van der Waals surface area (Å²) < 4.78 is 14.7. The van der Waals surface area contributed by atoms with Crippen LogP contribution in [0.3, 0.4) is 0 Å². The van der Waals surface area contributed by atoms with Gasteiger partial charge >= 0.3 is 0 Å². The number of phenols is 1. The van der Waals surface area contributed by atoms with E-state index < -0.39 is 6.04 Å². The molecule has 0 amide bonds. The van der Waals surface area contributed by atoms with Crippen LogP contribution in [-0.4, -0.2) is 10.1 Å². The van der Waals surface area contributed by atoms with Crippen LogP contribution in [0.4, 0.5) is 10.2 Å². The molecule has 4 nitrogen and oxygen atoms in total. The van der Waals surface area contributed by atoms with Crippen molar-refractivity contribution in [2.24, 2.45) is 0 Å². The number of hydrogen-bond donors (Lipinski definition) is 2. The summed E-state index contributed by atoms with van der Waals surface area (Å²) in [6, 6.07) is 19.2. The minimum absolute atomic E-state index is 0.0506. The molecule has 0 aliphatic rings. The van der Waals surface area contributed by atoms with E-state index in [1.54, 1.807) is 18.2 Å². The first-order valence-corrected chi connectivity index (χ1v) is 9.12. The van der Waals surface area contributed by atoms with Crippen LogP contribution in [0, 0.1) is 19.7 Å². The highest BCUT2D eigenvalue weighted by Gasteiger charge is 2.26. The maximum Gasteiger partial charge on any atom is 0.273 e. The molecule has 5 heteroatoms. The van der Waals surface area contributed by atoms with Crippen LogP contribution in [0.5, 0.6) is 5.75 Å². The standard InChI is InChI=1S/C23H20FN3O/c1-14-6-5-9-20(25-14)27-22(17-7-3-4-8-19(17)24)18-13-12-16-11-10-15(2)26-21(16)23(18)28/h3-13,22,28H,1-2H3,(H,25,27)/p+1/t22-/m1/s1. The zero-order chi connectivity index (χ0) is 19.7. The van der Waals surface area contributed by atoms with Crippen LogP contribution < -0.4 is 10.3 Å². The molecule has 2 heterocycles. The zero-order valence-electron chi connectivity index (χ0n) is 15.7. The molecule has 0 unspecified atom stereocenters. The van der Waals surface area contributed by atoms with Crippen molar-refractivity contribution in [2.75, 3.05) is 5.32 Å². The molecule has 3 N–H and O–H groups in total. The number of nitrogens with one attached hydrogen (secondary N) is 2. The molecule has 4 aromatic rings. The Labute approximate surface area is 162 Å². The fourth-order valence-electron chi connectivity index (χ4n) is 3.38. The van der Waals surface area contributed by atoms with Gasteiger partial charge in [-0.1, -0.05) is 36.4 Å². The van der Waals surface area contributed by atoms with E-state index in [1.165, 1.54) is 6.07 Å². The van der Waals surface area contributed by atoms with Crippen molar-refractivity contribution in [3.05, 3.63) is 95.1 Å². The van der Waals surface area contributed by atoms with Gasteiger partial charge in [0.15, 0.2) is 6.04 Å². The highest BCUT2D eigenvalue weighted by Crippen LogP contribution is 2.36. The summed E-state index contributed by atoms with van der Waals surface area (Å²) in [5.41, 5.74) is 3.29. The van der Waals surface area contributed by atoms with Crippen molar-refractivity contribution in [1.82, 2.24) is 4.98 Å². The van der Waals surface area contributed by atoms with E-state index in [0.717, 1.165) is 22.6 Å². The fourth-order valence-corrected chi connectivity index (χ4v) is 3.38. The Kier molecular flexibility index (Phi) is 4.65. The van der Waals surface area contributed by atoms with Gasteiger partial charge in [-0.05, 0) is 38.1 Å². The topological polar surface area (TPSA) is 59.3 Å². The maximum atomic E-state index is 14.7. The van der Waals surface area contributed by atoms with Gasteiger partial charge in [-0.3, -0.25) is 5.32 Å². The van der Waals surface area contributed by atoms with E-state index in [4.69, 9.17) is 0 Å². The quantitative estimate of drug-likeness (QED) is 0.544. The minimum Gasteiger partial charge on any atom is -0.505 e. The molecule has 0 aliphatic heterocycles. The van der Waals surface area contributed by atoms with Crippen LogP contribution in [0.2, 0.25) is 0 Å². The average molecular weight is 374 g/mol. The number of benzene rings is 2. The molecule has 0 bridgehead atoms. The molecule has 2 aromatic heterocycles. The lowest BCUT2D eigenvalue weighted by atomic mass is 9.95. The first-order chi connectivity index (χ1) is 13.5. The summed E-state index contributed by atoms with van der Waals surface area (Å²) in [6.07, 6.45) is 0. The van der Waals surface area contributed by atoms with E-state index in [9.17, 15) is 9.50 Å². The minimum atomic E-state index is -0.592. The second-order valence-electron chi connectivity index (χ2n) is 6.87. The predicted octanol–water partition coefficient (Wildman–Crippen LogP) is 4.71. The van der Waals surface area contributed by atoms with E-state index in [1.807, 2.05) is 56.3 Å². The highest BCUT2D eigenvalue weighted by molar-refractivity contribution is 5.86. The summed E-state index contributed by atoms with van der Waals surface area (Å²) in [5, 5.41) is 15.2. The van der Waals surface area contributed by atoms with Crippen molar-refractivity contribution >= 4 is 16.7 Å². The third kappa shape index (κ3) is 3.39. The van der Waals surface area contributed by atoms with E-state index in [2.05, 4.69) is 15.3 Å². The Morgan fingerprint density at radius 2 is 1.71 bits per heavy atom. The van der Waals surface area contributed by atoms with Crippen molar-refractivity contribution in [3.8, 4) is 5.75 Å². The number of pyridine rings is 2. The number of hydrogen-bond acceptors (Lipinski definition) is 3. The number of aryl methyl sites for hydroxylation is 2. The molecule has 28 heavy (non-hydrogen) atoms. The summed E-state index contributed by atoms with van der Waals surface area (Å²) in [4.78, 5) is 7.71. The van der Waals surface area contributed by atoms with Gasteiger partial charge in [0.25, 0.3) is 5.82 Å². The van der Waals surface area contributed by atoms with Gasteiger partial charge in [-0.2, -0.15) is 0 Å². The van der Waals surface area contributed by atoms with Crippen LogP contribution in [-0.2, 0) is 0 Å². The number of H-pyrrole nitrogens is 1. The third-order valence-corrected chi connectivity index (χ3v) is 4.77. The SMILES string of the molecule is Cc1ccc2ccc([C@H](Nc3cccc(C)[nH+]3)c3ccccc3F)c(O)c2n1. The van der Waals surface area contributed by atoms with Crippen LogP contribution in [0.15, 0.2) is 66.7 Å². The molecule has 4 rings (SSSR count).